The van der Waals surface area contributed by atoms with Crippen LogP contribution in [0.4, 0.5) is 0 Å². The molecule has 0 bridgehead atoms. The van der Waals surface area contributed by atoms with Gasteiger partial charge in [-0.3, -0.25) is 4.79 Å². The van der Waals surface area contributed by atoms with Gasteiger partial charge in [-0.05, 0) is 13.0 Å². The van der Waals surface area contributed by atoms with Gasteiger partial charge in [0.25, 0.3) is 5.91 Å². The van der Waals surface area contributed by atoms with E-state index in [1.165, 1.54) is 18.5 Å². The number of carbonyl (C=O) groups excluding carboxylic acids is 1. The average Bonchev–Trinajstić information content (AvgIpc) is 2.36. The van der Waals surface area contributed by atoms with Crippen LogP contribution in [0.15, 0.2) is 33.8 Å². The van der Waals surface area contributed by atoms with Crippen molar-refractivity contribution < 1.29 is 9.21 Å². The van der Waals surface area contributed by atoms with Gasteiger partial charge >= 0.3 is 5.76 Å². The Hall–Kier alpha value is -1.58. The van der Waals surface area contributed by atoms with Gasteiger partial charge in [0.05, 0.1) is 6.20 Å². The fourth-order valence-corrected chi connectivity index (χ4v) is 0.653. The van der Waals surface area contributed by atoms with Crippen LogP contribution in [0, 0.1) is 0 Å². The van der Waals surface area contributed by atoms with Crippen LogP contribution in [-0.4, -0.2) is 10.5 Å². The second-order valence-corrected chi connectivity index (χ2v) is 1.88. The summed E-state index contributed by atoms with van der Waals surface area (Å²) in [5, 5.41) is 0. The monoisotopic (exact) mass is 153 g/mol. The number of hydrogen-bond acceptors (Lipinski definition) is 3. The Morgan fingerprint density at radius 2 is 2.45 bits per heavy atom. The van der Waals surface area contributed by atoms with Crippen molar-refractivity contribution in [2.75, 3.05) is 0 Å². The molecule has 1 aromatic rings. The molecule has 0 aliphatic carbocycles. The lowest BCUT2D eigenvalue weighted by atomic mass is 10.5. The van der Waals surface area contributed by atoms with Gasteiger partial charge < -0.3 is 4.42 Å². The van der Waals surface area contributed by atoms with E-state index in [-0.39, 0.29) is 0 Å². The summed E-state index contributed by atoms with van der Waals surface area (Å²) in [4.78, 5) is 21.6. The third-order valence-corrected chi connectivity index (χ3v) is 1.12. The SMILES string of the molecule is C/C=C/C(=O)n1ccoc1=O. The minimum atomic E-state index is -0.659. The highest BCUT2D eigenvalue weighted by Gasteiger charge is 2.02. The molecule has 4 nitrogen and oxygen atoms in total. The molecule has 1 aromatic heterocycles. The molecule has 0 N–H and O–H groups in total. The Kier molecular flexibility index (Phi) is 2.06. The molecule has 1 rings (SSSR count). The highest BCUT2D eigenvalue weighted by molar-refractivity contribution is 5.89. The third-order valence-electron chi connectivity index (χ3n) is 1.12. The van der Waals surface area contributed by atoms with Gasteiger partial charge in [0.1, 0.15) is 6.26 Å². The normalized spacial score (nSPS) is 10.6. The molecule has 0 unspecified atom stereocenters. The largest absolute Gasteiger partial charge is 0.426 e. The van der Waals surface area contributed by atoms with E-state index >= 15 is 0 Å². The second kappa shape index (κ2) is 3.01. The number of aromatic nitrogens is 1. The maximum absolute atomic E-state index is 10.9. The van der Waals surface area contributed by atoms with Crippen LogP contribution < -0.4 is 5.76 Å². The van der Waals surface area contributed by atoms with E-state index in [4.69, 9.17) is 0 Å². The molecule has 0 amide bonds. The minimum Gasteiger partial charge on any atom is -0.416 e. The topological polar surface area (TPSA) is 52.2 Å². The highest BCUT2D eigenvalue weighted by Crippen LogP contribution is 1.84. The van der Waals surface area contributed by atoms with Gasteiger partial charge in [-0.15, -0.1) is 0 Å². The van der Waals surface area contributed by atoms with Gasteiger partial charge in [-0.2, -0.15) is 0 Å². The lowest BCUT2D eigenvalue weighted by Crippen LogP contribution is -2.19. The van der Waals surface area contributed by atoms with Crippen LogP contribution >= 0.6 is 0 Å². The van der Waals surface area contributed by atoms with Gasteiger partial charge in [0.15, 0.2) is 0 Å². The zero-order valence-corrected chi connectivity index (χ0v) is 5.98. The van der Waals surface area contributed by atoms with E-state index in [2.05, 4.69) is 4.42 Å². The summed E-state index contributed by atoms with van der Waals surface area (Å²) in [6.07, 6.45) is 5.30. The molecular weight excluding hydrogens is 146 g/mol. The average molecular weight is 153 g/mol. The minimum absolute atomic E-state index is 0.397. The maximum Gasteiger partial charge on any atom is 0.426 e. The summed E-state index contributed by atoms with van der Waals surface area (Å²) >= 11 is 0. The highest BCUT2D eigenvalue weighted by atomic mass is 16.4. The van der Waals surface area contributed by atoms with Crippen LogP contribution in [-0.2, 0) is 0 Å². The molecule has 0 fully saturated rings. The fraction of sp³-hybridized carbons (Fsp3) is 0.143. The van der Waals surface area contributed by atoms with E-state index in [0.29, 0.717) is 0 Å². The van der Waals surface area contributed by atoms with E-state index < -0.39 is 11.7 Å². The standard InChI is InChI=1S/C7H7NO3/c1-2-3-6(9)8-4-5-11-7(8)10/h2-5H,1H3/b3-2+. The number of rotatable bonds is 1. The fourth-order valence-electron chi connectivity index (χ4n) is 0.653. The number of oxazole rings is 1. The van der Waals surface area contributed by atoms with E-state index in [9.17, 15) is 9.59 Å². The Balaban J connectivity index is 3.03. The second-order valence-electron chi connectivity index (χ2n) is 1.88. The van der Waals surface area contributed by atoms with Gasteiger partial charge in [-0.25, -0.2) is 9.36 Å². The van der Waals surface area contributed by atoms with Gasteiger partial charge in [-0.1, -0.05) is 6.08 Å². The summed E-state index contributed by atoms with van der Waals surface area (Å²) in [7, 11) is 0. The van der Waals surface area contributed by atoms with Crippen molar-refractivity contribution in [3.63, 3.8) is 0 Å². The van der Waals surface area contributed by atoms with E-state index in [1.807, 2.05) is 0 Å². The molecule has 0 saturated carbocycles. The molecule has 0 aliphatic heterocycles. The Morgan fingerprint density at radius 3 is 2.91 bits per heavy atom. The van der Waals surface area contributed by atoms with Crippen molar-refractivity contribution in [1.82, 2.24) is 4.57 Å². The Labute approximate surface area is 62.7 Å². The zero-order valence-electron chi connectivity index (χ0n) is 5.98. The van der Waals surface area contributed by atoms with Crippen LogP contribution in [0.1, 0.15) is 11.7 Å². The van der Waals surface area contributed by atoms with Crippen molar-refractivity contribution >= 4 is 5.91 Å². The molecule has 0 radical (unpaired) electrons. The van der Waals surface area contributed by atoms with Crippen LogP contribution in [0.25, 0.3) is 0 Å². The first-order chi connectivity index (χ1) is 5.25. The summed E-state index contributed by atoms with van der Waals surface area (Å²) in [6.45, 7) is 1.70. The Bertz CT molecular complexity index is 331. The smallest absolute Gasteiger partial charge is 0.416 e. The first-order valence-corrected chi connectivity index (χ1v) is 3.09. The molecule has 0 aliphatic rings. The van der Waals surface area contributed by atoms with Crippen LogP contribution in [0.2, 0.25) is 0 Å². The summed E-state index contributed by atoms with van der Waals surface area (Å²) < 4.78 is 5.27. The summed E-state index contributed by atoms with van der Waals surface area (Å²) in [5.74, 6) is -1.06. The molecule has 4 heteroatoms. The van der Waals surface area contributed by atoms with Crippen molar-refractivity contribution in [2.45, 2.75) is 6.92 Å². The molecule has 1 heterocycles. The van der Waals surface area contributed by atoms with Gasteiger partial charge in [0, 0.05) is 0 Å². The van der Waals surface area contributed by atoms with Gasteiger partial charge in [0.2, 0.25) is 0 Å². The quantitative estimate of drug-likeness (QED) is 0.557. The van der Waals surface area contributed by atoms with Crippen molar-refractivity contribution in [2.24, 2.45) is 0 Å². The van der Waals surface area contributed by atoms with Crippen molar-refractivity contribution in [1.29, 1.82) is 0 Å². The number of carbonyl (C=O) groups is 1. The first-order valence-electron chi connectivity index (χ1n) is 3.09. The lowest BCUT2D eigenvalue weighted by molar-refractivity contribution is 0.0961. The van der Waals surface area contributed by atoms with Crippen LogP contribution in [0.5, 0.6) is 0 Å². The van der Waals surface area contributed by atoms with E-state index in [1.54, 1.807) is 13.0 Å². The molecule has 0 spiro atoms. The van der Waals surface area contributed by atoms with Crippen molar-refractivity contribution in [3.8, 4) is 0 Å². The predicted molar refractivity (Wildman–Crippen MR) is 38.4 cm³/mol. The number of hydrogen-bond donors (Lipinski definition) is 0. The zero-order chi connectivity index (χ0) is 8.27. The lowest BCUT2D eigenvalue weighted by Gasteiger charge is -1.87. The summed E-state index contributed by atoms with van der Waals surface area (Å²) in [6, 6.07) is 0. The third kappa shape index (κ3) is 1.46. The molecule has 58 valence electrons. The first kappa shape index (κ1) is 7.53. The summed E-state index contributed by atoms with van der Waals surface area (Å²) in [5.41, 5.74) is 0. The molecule has 11 heavy (non-hydrogen) atoms. The number of nitrogens with zero attached hydrogens (tertiary/aromatic N) is 1. The molecule has 0 saturated heterocycles. The number of allylic oxidation sites excluding steroid dienone is 2. The molecule has 0 atom stereocenters. The van der Waals surface area contributed by atoms with Crippen LogP contribution in [0.3, 0.4) is 0 Å². The predicted octanol–water partition coefficient (Wildman–Crippen LogP) is 0.658. The van der Waals surface area contributed by atoms with Crippen molar-refractivity contribution in [3.05, 3.63) is 35.2 Å². The maximum atomic E-state index is 10.9. The Morgan fingerprint density at radius 1 is 1.73 bits per heavy atom. The molecular formula is C7H7NO3. The molecule has 0 aromatic carbocycles. The van der Waals surface area contributed by atoms with E-state index in [0.717, 1.165) is 4.57 Å².